The standard InChI is InChI=1S/C11H21NO/c1-2-12-9-11(5-6-11)8-10-4-3-7-13-10/h10,12H,2-9H2,1H3. The van der Waals surface area contributed by atoms with E-state index < -0.39 is 0 Å². The molecule has 2 aliphatic rings. The minimum Gasteiger partial charge on any atom is -0.378 e. The average Bonchev–Trinajstić information content (AvgIpc) is 2.69. The van der Waals surface area contributed by atoms with Crippen molar-refractivity contribution in [1.29, 1.82) is 0 Å². The van der Waals surface area contributed by atoms with E-state index in [1.54, 1.807) is 0 Å². The first kappa shape index (κ1) is 9.47. The third-order valence-corrected chi connectivity index (χ3v) is 3.39. The third-order valence-electron chi connectivity index (χ3n) is 3.39. The van der Waals surface area contributed by atoms with Crippen LogP contribution in [0.2, 0.25) is 0 Å². The molecule has 2 heteroatoms. The molecule has 13 heavy (non-hydrogen) atoms. The fraction of sp³-hybridized carbons (Fsp3) is 1.00. The summed E-state index contributed by atoms with van der Waals surface area (Å²) >= 11 is 0. The second-order valence-electron chi connectivity index (χ2n) is 4.62. The Morgan fingerprint density at radius 1 is 1.46 bits per heavy atom. The molecule has 0 amide bonds. The molecule has 0 spiro atoms. The monoisotopic (exact) mass is 183 g/mol. The molecule has 0 radical (unpaired) electrons. The van der Waals surface area contributed by atoms with Crippen molar-refractivity contribution < 1.29 is 4.74 Å². The molecule has 1 N–H and O–H groups in total. The summed E-state index contributed by atoms with van der Waals surface area (Å²) in [7, 11) is 0. The Kier molecular flexibility index (Phi) is 2.89. The molecule has 2 fully saturated rings. The molecule has 1 atom stereocenters. The molecule has 76 valence electrons. The van der Waals surface area contributed by atoms with E-state index in [-0.39, 0.29) is 0 Å². The predicted molar refractivity (Wildman–Crippen MR) is 53.8 cm³/mol. The first-order chi connectivity index (χ1) is 6.35. The Morgan fingerprint density at radius 3 is 2.85 bits per heavy atom. The first-order valence-electron chi connectivity index (χ1n) is 5.67. The van der Waals surface area contributed by atoms with Crippen LogP contribution in [0.5, 0.6) is 0 Å². The van der Waals surface area contributed by atoms with Crippen molar-refractivity contribution in [1.82, 2.24) is 5.32 Å². The number of ether oxygens (including phenoxy) is 1. The summed E-state index contributed by atoms with van der Waals surface area (Å²) in [6.07, 6.45) is 7.30. The Labute approximate surface area is 81.0 Å². The Hall–Kier alpha value is -0.0800. The lowest BCUT2D eigenvalue weighted by Gasteiger charge is -2.19. The van der Waals surface area contributed by atoms with E-state index in [1.165, 1.54) is 38.6 Å². The smallest absolute Gasteiger partial charge is 0.0581 e. The summed E-state index contributed by atoms with van der Waals surface area (Å²) in [5.41, 5.74) is 0.630. The van der Waals surface area contributed by atoms with Crippen molar-refractivity contribution >= 4 is 0 Å². The van der Waals surface area contributed by atoms with E-state index in [1.807, 2.05) is 0 Å². The minimum absolute atomic E-state index is 0.584. The van der Waals surface area contributed by atoms with Crippen molar-refractivity contribution in [2.24, 2.45) is 5.41 Å². The molecule has 0 aromatic carbocycles. The average molecular weight is 183 g/mol. The second kappa shape index (κ2) is 3.97. The van der Waals surface area contributed by atoms with Crippen LogP contribution in [0.1, 0.15) is 39.0 Å². The summed E-state index contributed by atoms with van der Waals surface area (Å²) in [5.74, 6) is 0. The zero-order chi connectivity index (χ0) is 9.15. The van der Waals surface area contributed by atoms with Crippen LogP contribution in [0, 0.1) is 5.41 Å². The number of nitrogens with one attached hydrogen (secondary N) is 1. The van der Waals surface area contributed by atoms with E-state index in [0.717, 1.165) is 13.2 Å². The minimum atomic E-state index is 0.584. The normalized spacial score (nSPS) is 30.7. The van der Waals surface area contributed by atoms with Gasteiger partial charge in [0.1, 0.15) is 0 Å². The molecular weight excluding hydrogens is 162 g/mol. The van der Waals surface area contributed by atoms with Gasteiger partial charge in [0.2, 0.25) is 0 Å². The van der Waals surface area contributed by atoms with Gasteiger partial charge in [0, 0.05) is 13.2 Å². The van der Waals surface area contributed by atoms with E-state index in [0.29, 0.717) is 11.5 Å². The molecule has 1 heterocycles. The van der Waals surface area contributed by atoms with Crippen LogP contribution in [-0.4, -0.2) is 25.8 Å². The van der Waals surface area contributed by atoms with Gasteiger partial charge in [0.25, 0.3) is 0 Å². The largest absolute Gasteiger partial charge is 0.378 e. The van der Waals surface area contributed by atoms with Gasteiger partial charge in [-0.15, -0.1) is 0 Å². The second-order valence-corrected chi connectivity index (χ2v) is 4.62. The molecule has 1 saturated carbocycles. The number of rotatable bonds is 5. The van der Waals surface area contributed by atoms with E-state index in [4.69, 9.17) is 4.74 Å². The number of hydrogen-bond acceptors (Lipinski definition) is 2. The maximum absolute atomic E-state index is 5.68. The molecule has 0 aromatic rings. The molecule has 1 aliphatic heterocycles. The quantitative estimate of drug-likeness (QED) is 0.703. The summed E-state index contributed by atoms with van der Waals surface area (Å²) in [5, 5.41) is 3.47. The summed E-state index contributed by atoms with van der Waals surface area (Å²) in [6.45, 7) is 5.50. The molecule has 0 bridgehead atoms. The van der Waals surface area contributed by atoms with Crippen LogP contribution in [-0.2, 0) is 4.74 Å². The Bertz CT molecular complexity index is 159. The SMILES string of the molecule is CCNCC1(CC2CCCO2)CC1. The van der Waals surface area contributed by atoms with Crippen LogP contribution in [0.4, 0.5) is 0 Å². The van der Waals surface area contributed by atoms with Crippen molar-refractivity contribution in [2.45, 2.75) is 45.1 Å². The molecule has 0 aromatic heterocycles. The van der Waals surface area contributed by atoms with E-state index in [9.17, 15) is 0 Å². The molecule has 1 aliphatic carbocycles. The highest BCUT2D eigenvalue weighted by Crippen LogP contribution is 2.50. The lowest BCUT2D eigenvalue weighted by atomic mass is 9.97. The van der Waals surface area contributed by atoms with Crippen LogP contribution in [0.3, 0.4) is 0 Å². The van der Waals surface area contributed by atoms with Gasteiger partial charge in [0.15, 0.2) is 0 Å². The van der Waals surface area contributed by atoms with Crippen molar-refractivity contribution in [3.8, 4) is 0 Å². The summed E-state index contributed by atoms with van der Waals surface area (Å²) < 4.78 is 5.68. The Balaban J connectivity index is 1.72. The maximum Gasteiger partial charge on any atom is 0.0581 e. The van der Waals surface area contributed by atoms with Gasteiger partial charge in [-0.05, 0) is 44.1 Å². The highest BCUT2D eigenvalue weighted by atomic mass is 16.5. The van der Waals surface area contributed by atoms with Gasteiger partial charge < -0.3 is 10.1 Å². The van der Waals surface area contributed by atoms with Crippen molar-refractivity contribution in [3.63, 3.8) is 0 Å². The zero-order valence-electron chi connectivity index (χ0n) is 8.64. The summed E-state index contributed by atoms with van der Waals surface area (Å²) in [6, 6.07) is 0. The number of hydrogen-bond donors (Lipinski definition) is 1. The lowest BCUT2D eigenvalue weighted by Crippen LogP contribution is -2.26. The zero-order valence-corrected chi connectivity index (χ0v) is 8.64. The van der Waals surface area contributed by atoms with Crippen LogP contribution in [0.25, 0.3) is 0 Å². The van der Waals surface area contributed by atoms with E-state index in [2.05, 4.69) is 12.2 Å². The van der Waals surface area contributed by atoms with Crippen molar-refractivity contribution in [2.75, 3.05) is 19.7 Å². The molecule has 1 saturated heterocycles. The van der Waals surface area contributed by atoms with Gasteiger partial charge >= 0.3 is 0 Å². The van der Waals surface area contributed by atoms with Gasteiger partial charge in [-0.3, -0.25) is 0 Å². The topological polar surface area (TPSA) is 21.3 Å². The highest BCUT2D eigenvalue weighted by molar-refractivity contribution is 4.96. The molecular formula is C11H21NO. The van der Waals surface area contributed by atoms with Gasteiger partial charge in [-0.2, -0.15) is 0 Å². The van der Waals surface area contributed by atoms with Crippen LogP contribution >= 0.6 is 0 Å². The highest BCUT2D eigenvalue weighted by Gasteiger charge is 2.44. The van der Waals surface area contributed by atoms with Crippen LogP contribution < -0.4 is 5.32 Å². The fourth-order valence-corrected chi connectivity index (χ4v) is 2.31. The van der Waals surface area contributed by atoms with Crippen molar-refractivity contribution in [3.05, 3.63) is 0 Å². The molecule has 2 nitrogen and oxygen atoms in total. The lowest BCUT2D eigenvalue weighted by molar-refractivity contribution is 0.0853. The fourth-order valence-electron chi connectivity index (χ4n) is 2.31. The maximum atomic E-state index is 5.68. The predicted octanol–water partition coefficient (Wildman–Crippen LogP) is 1.95. The Morgan fingerprint density at radius 2 is 2.31 bits per heavy atom. The first-order valence-corrected chi connectivity index (χ1v) is 5.67. The van der Waals surface area contributed by atoms with Gasteiger partial charge in [0.05, 0.1) is 6.10 Å². The van der Waals surface area contributed by atoms with Gasteiger partial charge in [-0.1, -0.05) is 6.92 Å². The summed E-state index contributed by atoms with van der Waals surface area (Å²) in [4.78, 5) is 0. The van der Waals surface area contributed by atoms with Crippen LogP contribution in [0.15, 0.2) is 0 Å². The molecule has 1 unspecified atom stereocenters. The third kappa shape index (κ3) is 2.44. The van der Waals surface area contributed by atoms with E-state index >= 15 is 0 Å². The van der Waals surface area contributed by atoms with Gasteiger partial charge in [-0.25, -0.2) is 0 Å². The molecule has 2 rings (SSSR count).